The minimum absolute atomic E-state index is 0.0286. The molecule has 2 atom stereocenters. The third kappa shape index (κ3) is 8.61. The van der Waals surface area contributed by atoms with Crippen molar-refractivity contribution in [2.75, 3.05) is 13.1 Å². The number of ketones is 1. The first-order valence-electron chi connectivity index (χ1n) is 13.6. The van der Waals surface area contributed by atoms with Crippen LogP contribution in [0.3, 0.4) is 0 Å². The summed E-state index contributed by atoms with van der Waals surface area (Å²) in [5, 5.41) is 15.5. The fraction of sp³-hybridized carbons (Fsp3) is 0.464. The monoisotopic (exact) mass is 591 g/mol. The second kappa shape index (κ2) is 13.8. The summed E-state index contributed by atoms with van der Waals surface area (Å²) in [7, 11) is -1.16. The number of hydrogen-bond acceptors (Lipinski definition) is 8. The first-order chi connectivity index (χ1) is 19.6. The van der Waals surface area contributed by atoms with Crippen molar-refractivity contribution < 1.29 is 37.2 Å². The zero-order chi connectivity index (χ0) is 31.2. The molecular weight excluding hydrogens is 554 g/mol. The number of amides is 2. The number of Topliss-reactive ketones (excluding diaryl/α,β-unsaturated/α-hetero) is 1. The Morgan fingerprint density at radius 1 is 1.02 bits per heavy atom. The lowest BCUT2D eigenvalue weighted by molar-refractivity contribution is -0.137. The van der Waals surface area contributed by atoms with Crippen LogP contribution in [0, 0.1) is 0 Å². The molecule has 0 spiro atoms. The SMILES string of the molecule is CC1(C)OB(O)c2cc(CC(=O)[C@@H](Cc3ccc(C(F)(F)F)cc3)NC(=O)[C@@H](N)CCC(=O)NC(CN)CN)ccc21. The topological polar surface area (TPSA) is 183 Å². The Labute approximate surface area is 242 Å². The van der Waals surface area contributed by atoms with E-state index in [0.29, 0.717) is 16.6 Å². The molecule has 42 heavy (non-hydrogen) atoms. The maximum Gasteiger partial charge on any atom is 0.492 e. The molecule has 1 heterocycles. The van der Waals surface area contributed by atoms with Crippen molar-refractivity contribution >= 4 is 30.2 Å². The minimum atomic E-state index is -4.52. The molecule has 228 valence electrons. The first kappa shape index (κ1) is 33.2. The van der Waals surface area contributed by atoms with Crippen molar-refractivity contribution in [1.29, 1.82) is 0 Å². The normalized spacial score (nSPS) is 15.7. The van der Waals surface area contributed by atoms with E-state index in [2.05, 4.69) is 10.6 Å². The predicted molar refractivity (Wildman–Crippen MR) is 151 cm³/mol. The Bertz CT molecular complexity index is 1270. The number of carbonyl (C=O) groups is 3. The number of rotatable bonds is 13. The van der Waals surface area contributed by atoms with E-state index in [9.17, 15) is 32.6 Å². The number of fused-ring (bicyclic) bond motifs is 1. The number of alkyl halides is 3. The molecule has 1 aliphatic heterocycles. The van der Waals surface area contributed by atoms with Crippen LogP contribution in [0.2, 0.25) is 0 Å². The molecule has 9 N–H and O–H groups in total. The smallest absolute Gasteiger partial charge is 0.423 e. The fourth-order valence-corrected chi connectivity index (χ4v) is 4.73. The Hall–Kier alpha value is -3.30. The van der Waals surface area contributed by atoms with Crippen LogP contribution < -0.4 is 33.3 Å². The summed E-state index contributed by atoms with van der Waals surface area (Å²) in [6, 6.07) is 6.77. The number of halogens is 3. The fourth-order valence-electron chi connectivity index (χ4n) is 4.73. The van der Waals surface area contributed by atoms with Crippen LogP contribution in [0.25, 0.3) is 0 Å². The standard InChI is InChI=1S/C28H37BF3N5O5/c1-27(2)20-8-5-17(11-21(20)29(41)42-27)13-24(38)23(12-16-3-6-18(7-4-16)28(30,31)32)37-26(40)22(35)9-10-25(39)36-19(14-33)15-34/h3-8,11,19,22-23,41H,9-10,12-15,33-35H2,1-2H3,(H,36,39)(H,37,40)/t22-,23+/m0/s1. The molecule has 14 heteroatoms. The van der Waals surface area contributed by atoms with Crippen molar-refractivity contribution in [3.05, 3.63) is 64.7 Å². The predicted octanol–water partition coefficient (Wildman–Crippen LogP) is 0.00700. The number of nitrogens with two attached hydrogens (primary N) is 3. The Morgan fingerprint density at radius 3 is 2.24 bits per heavy atom. The Morgan fingerprint density at radius 2 is 1.64 bits per heavy atom. The molecule has 2 amide bonds. The highest BCUT2D eigenvalue weighted by Crippen LogP contribution is 2.31. The van der Waals surface area contributed by atoms with Gasteiger partial charge in [0, 0.05) is 25.9 Å². The van der Waals surface area contributed by atoms with E-state index >= 15 is 0 Å². The van der Waals surface area contributed by atoms with Gasteiger partial charge in [0.2, 0.25) is 11.8 Å². The summed E-state index contributed by atoms with van der Waals surface area (Å²) >= 11 is 0. The van der Waals surface area contributed by atoms with E-state index in [1.807, 2.05) is 13.8 Å². The molecule has 0 saturated heterocycles. The van der Waals surface area contributed by atoms with Gasteiger partial charge in [-0.2, -0.15) is 13.2 Å². The van der Waals surface area contributed by atoms with Gasteiger partial charge in [-0.15, -0.1) is 0 Å². The van der Waals surface area contributed by atoms with Crippen molar-refractivity contribution in [2.24, 2.45) is 17.2 Å². The highest BCUT2D eigenvalue weighted by Gasteiger charge is 2.40. The van der Waals surface area contributed by atoms with Crippen LogP contribution >= 0.6 is 0 Å². The molecule has 1 aliphatic rings. The van der Waals surface area contributed by atoms with E-state index < -0.39 is 54.3 Å². The van der Waals surface area contributed by atoms with Gasteiger partial charge in [0.15, 0.2) is 5.78 Å². The van der Waals surface area contributed by atoms with E-state index in [1.165, 1.54) is 12.1 Å². The highest BCUT2D eigenvalue weighted by molar-refractivity contribution is 6.62. The van der Waals surface area contributed by atoms with Crippen molar-refractivity contribution in [3.8, 4) is 0 Å². The lowest BCUT2D eigenvalue weighted by Crippen LogP contribution is -2.50. The second-order valence-corrected chi connectivity index (χ2v) is 10.9. The number of benzene rings is 2. The van der Waals surface area contributed by atoms with Crippen molar-refractivity contribution in [1.82, 2.24) is 10.6 Å². The van der Waals surface area contributed by atoms with Crippen LogP contribution in [-0.4, -0.2) is 61.0 Å². The summed E-state index contributed by atoms with van der Waals surface area (Å²) in [6.07, 6.45) is -4.86. The van der Waals surface area contributed by atoms with Gasteiger partial charge in [0.05, 0.1) is 29.3 Å². The molecule has 0 bridgehead atoms. The summed E-state index contributed by atoms with van der Waals surface area (Å²) in [4.78, 5) is 38.5. The lowest BCUT2D eigenvalue weighted by atomic mass is 9.77. The van der Waals surface area contributed by atoms with Crippen LogP contribution in [0.1, 0.15) is 48.9 Å². The van der Waals surface area contributed by atoms with E-state index in [4.69, 9.17) is 21.9 Å². The molecule has 10 nitrogen and oxygen atoms in total. The maximum atomic E-state index is 13.4. The van der Waals surface area contributed by atoms with Gasteiger partial charge in [-0.25, -0.2) is 0 Å². The minimum Gasteiger partial charge on any atom is -0.423 e. The molecule has 0 aromatic heterocycles. The summed E-state index contributed by atoms with van der Waals surface area (Å²) < 4.78 is 44.7. The Balaban J connectivity index is 1.74. The van der Waals surface area contributed by atoms with Crippen LogP contribution in [-0.2, 0) is 43.7 Å². The maximum absolute atomic E-state index is 13.4. The van der Waals surface area contributed by atoms with Gasteiger partial charge >= 0.3 is 13.3 Å². The molecule has 0 fully saturated rings. The van der Waals surface area contributed by atoms with Gasteiger partial charge in [-0.1, -0.05) is 30.3 Å². The summed E-state index contributed by atoms with van der Waals surface area (Å²) in [5.74, 6) is -1.50. The molecule has 2 aromatic rings. The van der Waals surface area contributed by atoms with Crippen molar-refractivity contribution in [3.63, 3.8) is 0 Å². The lowest BCUT2D eigenvalue weighted by Gasteiger charge is -2.22. The van der Waals surface area contributed by atoms with Gasteiger partial charge in [-0.05, 0) is 61.0 Å². The second-order valence-electron chi connectivity index (χ2n) is 10.9. The molecule has 0 unspecified atom stereocenters. The molecule has 0 aliphatic carbocycles. The zero-order valence-electron chi connectivity index (χ0n) is 23.5. The average Bonchev–Trinajstić information content (AvgIpc) is 3.16. The molecule has 3 rings (SSSR count). The third-order valence-electron chi connectivity index (χ3n) is 7.19. The average molecular weight is 591 g/mol. The first-order valence-corrected chi connectivity index (χ1v) is 13.6. The van der Waals surface area contributed by atoms with Gasteiger partial charge in [-0.3, -0.25) is 14.4 Å². The van der Waals surface area contributed by atoms with Crippen LogP contribution in [0.5, 0.6) is 0 Å². The molecule has 0 saturated carbocycles. The number of hydrogen-bond donors (Lipinski definition) is 6. The van der Waals surface area contributed by atoms with Gasteiger partial charge in [0.25, 0.3) is 0 Å². The van der Waals surface area contributed by atoms with E-state index in [-0.39, 0.29) is 44.7 Å². The number of nitrogens with one attached hydrogen (secondary N) is 2. The summed E-state index contributed by atoms with van der Waals surface area (Å²) in [6.45, 7) is 3.92. The van der Waals surface area contributed by atoms with Crippen LogP contribution in [0.4, 0.5) is 13.2 Å². The highest BCUT2D eigenvalue weighted by atomic mass is 19.4. The van der Waals surface area contributed by atoms with E-state index in [1.54, 1.807) is 18.2 Å². The Kier molecular flexibility index (Phi) is 10.9. The number of carbonyl (C=O) groups excluding carboxylic acids is 3. The van der Waals surface area contributed by atoms with Gasteiger partial charge < -0.3 is 37.5 Å². The van der Waals surface area contributed by atoms with E-state index in [0.717, 1.165) is 17.7 Å². The van der Waals surface area contributed by atoms with Crippen LogP contribution in [0.15, 0.2) is 42.5 Å². The molecule has 0 radical (unpaired) electrons. The molecule has 2 aromatic carbocycles. The zero-order valence-corrected chi connectivity index (χ0v) is 23.5. The largest absolute Gasteiger partial charge is 0.492 e. The van der Waals surface area contributed by atoms with Crippen molar-refractivity contribution in [2.45, 2.75) is 69.4 Å². The van der Waals surface area contributed by atoms with Gasteiger partial charge in [0.1, 0.15) is 0 Å². The quantitative estimate of drug-likeness (QED) is 0.176. The summed E-state index contributed by atoms with van der Waals surface area (Å²) in [5.41, 5.74) is 17.8. The molecular formula is C28H37BF3N5O5. The third-order valence-corrected chi connectivity index (χ3v) is 7.19.